The highest BCUT2D eigenvalue weighted by molar-refractivity contribution is 5.52. The van der Waals surface area contributed by atoms with Gasteiger partial charge in [0.2, 0.25) is 0 Å². The topological polar surface area (TPSA) is 69.9 Å². The van der Waals surface area contributed by atoms with Crippen LogP contribution in [0.4, 0.5) is 0 Å². The summed E-state index contributed by atoms with van der Waals surface area (Å²) in [6.45, 7) is 0.566. The molecule has 0 unspecified atom stereocenters. The molecule has 0 aliphatic heterocycles. The van der Waals surface area contributed by atoms with Gasteiger partial charge in [-0.25, -0.2) is 4.98 Å². The number of nitrogens with zero attached hydrogens (tertiary/aromatic N) is 3. The predicted octanol–water partition coefficient (Wildman–Crippen LogP) is 0.576. The van der Waals surface area contributed by atoms with E-state index in [1.54, 1.807) is 6.33 Å². The van der Waals surface area contributed by atoms with Crippen LogP contribution in [0.2, 0.25) is 0 Å². The van der Waals surface area contributed by atoms with Gasteiger partial charge in [-0.2, -0.15) is 0 Å². The van der Waals surface area contributed by atoms with Crippen molar-refractivity contribution in [2.24, 2.45) is 12.8 Å². The van der Waals surface area contributed by atoms with Crippen LogP contribution in [0.15, 0.2) is 23.1 Å². The lowest BCUT2D eigenvalue weighted by Crippen LogP contribution is -2.01. The van der Waals surface area contributed by atoms with Crippen LogP contribution >= 0.6 is 0 Å². The normalized spacial score (nSPS) is 10.7. The maximum Gasteiger partial charge on any atom is 0.138 e. The van der Waals surface area contributed by atoms with E-state index >= 15 is 0 Å². The van der Waals surface area contributed by atoms with Gasteiger partial charge < -0.3 is 14.8 Å². The number of nitrogens with two attached hydrogens (primary N) is 1. The van der Waals surface area contributed by atoms with Crippen LogP contribution in [0.5, 0.6) is 0 Å². The molecule has 0 fully saturated rings. The average Bonchev–Trinajstić information content (AvgIpc) is 2.74. The first-order chi connectivity index (χ1) is 6.79. The second-order valence-electron chi connectivity index (χ2n) is 3.14. The summed E-state index contributed by atoms with van der Waals surface area (Å²) in [5.41, 5.74) is 6.98. The summed E-state index contributed by atoms with van der Waals surface area (Å²) in [6.07, 6.45) is 4.33. The molecule has 0 spiro atoms. The van der Waals surface area contributed by atoms with Crippen LogP contribution in [-0.2, 0) is 13.5 Å². The molecule has 14 heavy (non-hydrogen) atoms. The molecule has 0 amide bonds. The summed E-state index contributed by atoms with van der Waals surface area (Å²) in [5.74, 6) is 0.799. The molecular formula is C9H12N4O. The Morgan fingerprint density at radius 2 is 2.36 bits per heavy atom. The fourth-order valence-corrected chi connectivity index (χ4v) is 1.24. The number of aromatic nitrogens is 3. The molecule has 0 aliphatic rings. The molecule has 5 heteroatoms. The van der Waals surface area contributed by atoms with Crippen LogP contribution in [-0.4, -0.2) is 21.3 Å². The summed E-state index contributed by atoms with van der Waals surface area (Å²) in [7, 11) is 1.91. The van der Waals surface area contributed by atoms with E-state index in [2.05, 4.69) is 10.1 Å². The van der Waals surface area contributed by atoms with E-state index in [0.29, 0.717) is 13.0 Å². The number of hydrogen-bond acceptors (Lipinski definition) is 4. The molecule has 5 nitrogen and oxygen atoms in total. The van der Waals surface area contributed by atoms with E-state index in [4.69, 9.17) is 10.3 Å². The zero-order valence-electron chi connectivity index (χ0n) is 7.97. The summed E-state index contributed by atoms with van der Waals surface area (Å²) in [5, 5.41) is 3.91. The number of imidazole rings is 1. The first-order valence-electron chi connectivity index (χ1n) is 4.43. The second kappa shape index (κ2) is 3.63. The first-order valence-corrected chi connectivity index (χ1v) is 4.43. The smallest absolute Gasteiger partial charge is 0.138 e. The predicted molar refractivity (Wildman–Crippen MR) is 51.5 cm³/mol. The van der Waals surface area contributed by atoms with E-state index in [0.717, 1.165) is 17.1 Å². The Kier molecular flexibility index (Phi) is 2.32. The van der Waals surface area contributed by atoms with Gasteiger partial charge in [-0.1, -0.05) is 5.16 Å². The lowest BCUT2D eigenvalue weighted by Gasteiger charge is -1.85. The summed E-state index contributed by atoms with van der Waals surface area (Å²) >= 11 is 0. The summed E-state index contributed by atoms with van der Waals surface area (Å²) in [6, 6.07) is 1.87. The number of hydrogen-bond donors (Lipinski definition) is 1. The summed E-state index contributed by atoms with van der Waals surface area (Å²) < 4.78 is 6.96. The van der Waals surface area contributed by atoms with Crippen LogP contribution in [0.25, 0.3) is 11.4 Å². The van der Waals surface area contributed by atoms with Gasteiger partial charge >= 0.3 is 0 Å². The Labute approximate surface area is 81.5 Å². The third kappa shape index (κ3) is 1.67. The number of aryl methyl sites for hydroxylation is 1. The highest BCUT2D eigenvalue weighted by Crippen LogP contribution is 2.16. The molecule has 0 saturated heterocycles. The molecule has 2 rings (SSSR count). The van der Waals surface area contributed by atoms with Gasteiger partial charge in [0, 0.05) is 25.7 Å². The van der Waals surface area contributed by atoms with Crippen molar-refractivity contribution in [2.45, 2.75) is 6.42 Å². The monoisotopic (exact) mass is 192 g/mol. The first kappa shape index (κ1) is 8.96. The lowest BCUT2D eigenvalue weighted by molar-refractivity contribution is 0.386. The Bertz CT molecular complexity index is 418. The molecule has 2 aromatic rings. The minimum Gasteiger partial charge on any atom is -0.361 e. The maximum absolute atomic E-state index is 5.41. The minimum atomic E-state index is 0.566. The van der Waals surface area contributed by atoms with Crippen molar-refractivity contribution >= 4 is 0 Å². The van der Waals surface area contributed by atoms with Gasteiger partial charge in [0.1, 0.15) is 17.1 Å². The van der Waals surface area contributed by atoms with Crippen molar-refractivity contribution in [1.29, 1.82) is 0 Å². The largest absolute Gasteiger partial charge is 0.361 e. The average molecular weight is 192 g/mol. The van der Waals surface area contributed by atoms with Crippen molar-refractivity contribution in [3.05, 3.63) is 24.4 Å². The standard InChI is InChI=1S/C9H12N4O/c1-13-5-9(11-6-13)8-4-7(2-3-10)14-12-8/h4-6H,2-3,10H2,1H3. The van der Waals surface area contributed by atoms with E-state index in [1.165, 1.54) is 0 Å². The zero-order chi connectivity index (χ0) is 9.97. The fraction of sp³-hybridized carbons (Fsp3) is 0.333. The van der Waals surface area contributed by atoms with Crippen molar-refractivity contribution in [2.75, 3.05) is 6.54 Å². The van der Waals surface area contributed by atoms with Crippen LogP contribution in [0.3, 0.4) is 0 Å². The molecule has 0 atom stereocenters. The Morgan fingerprint density at radius 1 is 1.50 bits per heavy atom. The van der Waals surface area contributed by atoms with Gasteiger partial charge in [-0.3, -0.25) is 0 Å². The second-order valence-corrected chi connectivity index (χ2v) is 3.14. The highest BCUT2D eigenvalue weighted by Gasteiger charge is 2.07. The van der Waals surface area contributed by atoms with Gasteiger partial charge in [0.15, 0.2) is 0 Å². The van der Waals surface area contributed by atoms with Gasteiger partial charge in [0.25, 0.3) is 0 Å². The van der Waals surface area contributed by atoms with Gasteiger partial charge in [-0.15, -0.1) is 0 Å². The molecule has 0 saturated carbocycles. The Hall–Kier alpha value is -1.62. The van der Waals surface area contributed by atoms with Gasteiger partial charge in [0.05, 0.1) is 6.33 Å². The minimum absolute atomic E-state index is 0.566. The third-order valence-corrected chi connectivity index (χ3v) is 1.92. The quantitative estimate of drug-likeness (QED) is 0.772. The fourth-order valence-electron chi connectivity index (χ4n) is 1.24. The van der Waals surface area contributed by atoms with Crippen LogP contribution in [0.1, 0.15) is 5.76 Å². The molecule has 0 bridgehead atoms. The number of rotatable bonds is 3. The van der Waals surface area contributed by atoms with Crippen LogP contribution < -0.4 is 5.73 Å². The van der Waals surface area contributed by atoms with Gasteiger partial charge in [-0.05, 0) is 6.54 Å². The van der Waals surface area contributed by atoms with E-state index in [-0.39, 0.29) is 0 Å². The third-order valence-electron chi connectivity index (χ3n) is 1.92. The Morgan fingerprint density at radius 3 is 3.00 bits per heavy atom. The molecule has 0 aliphatic carbocycles. The van der Waals surface area contributed by atoms with E-state index in [9.17, 15) is 0 Å². The SMILES string of the molecule is Cn1cnc(-c2cc(CCN)on2)c1. The zero-order valence-corrected chi connectivity index (χ0v) is 7.97. The van der Waals surface area contributed by atoms with Crippen molar-refractivity contribution in [1.82, 2.24) is 14.7 Å². The lowest BCUT2D eigenvalue weighted by atomic mass is 10.2. The van der Waals surface area contributed by atoms with Crippen molar-refractivity contribution in [3.63, 3.8) is 0 Å². The Balaban J connectivity index is 2.24. The molecule has 2 aromatic heterocycles. The van der Waals surface area contributed by atoms with Crippen molar-refractivity contribution in [3.8, 4) is 11.4 Å². The van der Waals surface area contributed by atoms with E-state index < -0.39 is 0 Å². The molecule has 0 aromatic carbocycles. The highest BCUT2D eigenvalue weighted by atomic mass is 16.5. The maximum atomic E-state index is 5.41. The van der Waals surface area contributed by atoms with E-state index in [1.807, 2.05) is 23.9 Å². The molecule has 2 heterocycles. The van der Waals surface area contributed by atoms with Crippen molar-refractivity contribution < 1.29 is 4.52 Å². The molecule has 2 N–H and O–H groups in total. The van der Waals surface area contributed by atoms with Crippen LogP contribution in [0, 0.1) is 0 Å². The summed E-state index contributed by atoms with van der Waals surface area (Å²) in [4.78, 5) is 4.17. The molecule has 0 radical (unpaired) electrons. The molecule has 74 valence electrons. The molecular weight excluding hydrogens is 180 g/mol.